The molecule has 5 heteroatoms. The fourth-order valence-corrected chi connectivity index (χ4v) is 2.56. The Kier molecular flexibility index (Phi) is 5.33. The number of halogens is 3. The summed E-state index contributed by atoms with van der Waals surface area (Å²) in [6, 6.07) is 12.8. The molecular weight excluding hydrogens is 361 g/mol. The highest BCUT2D eigenvalue weighted by Gasteiger charge is 2.19. The summed E-state index contributed by atoms with van der Waals surface area (Å²) in [5, 5.41) is 1.05. The molecule has 2 unspecified atom stereocenters. The first-order valence-corrected chi connectivity index (χ1v) is 7.65. The molecule has 0 heterocycles. The van der Waals surface area contributed by atoms with E-state index in [0.717, 1.165) is 10.0 Å². The van der Waals surface area contributed by atoms with E-state index in [0.29, 0.717) is 15.8 Å². The molecule has 2 aromatic rings. The fraction of sp³-hybridized carbons (Fsp3) is 0.200. The van der Waals surface area contributed by atoms with Crippen molar-refractivity contribution in [2.24, 2.45) is 5.73 Å². The van der Waals surface area contributed by atoms with Crippen molar-refractivity contribution in [1.29, 1.82) is 0 Å². The molecule has 0 aliphatic heterocycles. The first-order valence-electron chi connectivity index (χ1n) is 6.10. The van der Waals surface area contributed by atoms with Gasteiger partial charge >= 0.3 is 0 Å². The van der Waals surface area contributed by atoms with Crippen LogP contribution in [0.4, 0.5) is 0 Å². The Morgan fingerprint density at radius 3 is 2.30 bits per heavy atom. The highest BCUT2D eigenvalue weighted by Crippen LogP contribution is 2.32. The third kappa shape index (κ3) is 3.89. The van der Waals surface area contributed by atoms with Crippen LogP contribution in [-0.2, 0) is 0 Å². The molecule has 2 atom stereocenters. The molecule has 2 aromatic carbocycles. The van der Waals surface area contributed by atoms with Crippen LogP contribution < -0.4 is 10.5 Å². The van der Waals surface area contributed by atoms with E-state index in [1.165, 1.54) is 0 Å². The van der Waals surface area contributed by atoms with Gasteiger partial charge in [-0.3, -0.25) is 0 Å². The Balaban J connectivity index is 2.28. The third-order valence-corrected chi connectivity index (χ3v) is 3.88. The van der Waals surface area contributed by atoms with Crippen LogP contribution in [0, 0.1) is 0 Å². The highest BCUT2D eigenvalue weighted by molar-refractivity contribution is 9.10. The zero-order valence-corrected chi connectivity index (χ0v) is 13.9. The van der Waals surface area contributed by atoms with E-state index in [1.54, 1.807) is 18.2 Å². The van der Waals surface area contributed by atoms with Gasteiger partial charge in [0, 0.05) is 15.5 Å². The van der Waals surface area contributed by atoms with E-state index in [4.69, 9.17) is 33.7 Å². The molecule has 0 aromatic heterocycles. The molecule has 0 saturated carbocycles. The largest absolute Gasteiger partial charge is 0.483 e. The zero-order chi connectivity index (χ0) is 14.7. The number of hydrogen-bond acceptors (Lipinski definition) is 2. The van der Waals surface area contributed by atoms with Gasteiger partial charge in [0.2, 0.25) is 0 Å². The van der Waals surface area contributed by atoms with Crippen molar-refractivity contribution in [3.8, 4) is 5.75 Å². The molecule has 106 valence electrons. The normalized spacial score (nSPS) is 13.8. The van der Waals surface area contributed by atoms with Crippen molar-refractivity contribution in [1.82, 2.24) is 0 Å². The summed E-state index contributed by atoms with van der Waals surface area (Å²) >= 11 is 15.4. The lowest BCUT2D eigenvalue weighted by atomic mass is 10.0. The standard InChI is InChI=1S/C15H14BrCl2NO/c1-9(19)15(10-2-4-11(16)5-3-10)20-14-7-6-12(17)8-13(14)18/h2-9,15H,19H2,1H3. The Labute approximate surface area is 137 Å². The van der Waals surface area contributed by atoms with Crippen molar-refractivity contribution in [2.45, 2.75) is 19.1 Å². The lowest BCUT2D eigenvalue weighted by molar-refractivity contribution is 0.180. The van der Waals surface area contributed by atoms with Gasteiger partial charge in [-0.1, -0.05) is 51.3 Å². The molecule has 0 radical (unpaired) electrons. The van der Waals surface area contributed by atoms with Crippen molar-refractivity contribution in [3.05, 3.63) is 62.5 Å². The number of benzene rings is 2. The predicted octanol–water partition coefficient (Wildman–Crippen LogP) is 5.22. The third-order valence-electron chi connectivity index (χ3n) is 2.82. The summed E-state index contributed by atoms with van der Waals surface area (Å²) in [6.07, 6.45) is -0.276. The number of hydrogen-bond donors (Lipinski definition) is 1. The molecule has 0 aliphatic rings. The second-order valence-corrected chi connectivity index (χ2v) is 6.28. The molecule has 20 heavy (non-hydrogen) atoms. The quantitative estimate of drug-likeness (QED) is 0.795. The van der Waals surface area contributed by atoms with Gasteiger partial charge in [-0.2, -0.15) is 0 Å². The molecule has 0 fully saturated rings. The van der Waals surface area contributed by atoms with Crippen LogP contribution in [0.1, 0.15) is 18.6 Å². The van der Waals surface area contributed by atoms with Crippen molar-refractivity contribution >= 4 is 39.1 Å². The second-order valence-electron chi connectivity index (χ2n) is 4.52. The van der Waals surface area contributed by atoms with Gasteiger partial charge in [-0.25, -0.2) is 0 Å². The molecular formula is C15H14BrCl2NO. The summed E-state index contributed by atoms with van der Waals surface area (Å²) in [4.78, 5) is 0. The minimum atomic E-state index is -0.276. The molecule has 2 nitrogen and oxygen atoms in total. The maximum absolute atomic E-state index is 6.13. The van der Waals surface area contributed by atoms with Gasteiger partial charge in [0.25, 0.3) is 0 Å². The average molecular weight is 375 g/mol. The maximum Gasteiger partial charge on any atom is 0.139 e. The van der Waals surface area contributed by atoms with E-state index >= 15 is 0 Å². The zero-order valence-electron chi connectivity index (χ0n) is 10.8. The fourth-order valence-electron chi connectivity index (χ4n) is 1.84. The Bertz CT molecular complexity index is 587. The number of nitrogens with two attached hydrogens (primary N) is 1. The SMILES string of the molecule is CC(N)C(Oc1ccc(Cl)cc1Cl)c1ccc(Br)cc1. The van der Waals surface area contributed by atoms with E-state index in [1.807, 2.05) is 31.2 Å². The van der Waals surface area contributed by atoms with Gasteiger partial charge in [0.05, 0.1) is 5.02 Å². The minimum Gasteiger partial charge on any atom is -0.483 e. The Morgan fingerprint density at radius 1 is 1.10 bits per heavy atom. The van der Waals surface area contributed by atoms with Crippen LogP contribution in [0.2, 0.25) is 10.0 Å². The lowest BCUT2D eigenvalue weighted by Crippen LogP contribution is -2.29. The van der Waals surface area contributed by atoms with Crippen LogP contribution in [0.5, 0.6) is 5.75 Å². The summed E-state index contributed by atoms with van der Waals surface area (Å²) in [5.41, 5.74) is 7.02. The van der Waals surface area contributed by atoms with E-state index in [2.05, 4.69) is 15.9 Å². The maximum atomic E-state index is 6.13. The molecule has 0 bridgehead atoms. The van der Waals surface area contributed by atoms with Crippen molar-refractivity contribution < 1.29 is 4.74 Å². The van der Waals surface area contributed by atoms with Crippen LogP contribution in [0.15, 0.2) is 46.9 Å². The molecule has 0 amide bonds. The smallest absolute Gasteiger partial charge is 0.139 e. The molecule has 2 N–H and O–H groups in total. The van der Waals surface area contributed by atoms with Crippen LogP contribution in [-0.4, -0.2) is 6.04 Å². The molecule has 0 aliphatic carbocycles. The Morgan fingerprint density at radius 2 is 1.75 bits per heavy atom. The summed E-state index contributed by atoms with van der Waals surface area (Å²) in [7, 11) is 0. The lowest BCUT2D eigenvalue weighted by Gasteiger charge is -2.23. The van der Waals surface area contributed by atoms with E-state index in [9.17, 15) is 0 Å². The topological polar surface area (TPSA) is 35.2 Å². The van der Waals surface area contributed by atoms with E-state index < -0.39 is 0 Å². The highest BCUT2D eigenvalue weighted by atomic mass is 79.9. The van der Waals surface area contributed by atoms with Gasteiger partial charge in [-0.15, -0.1) is 0 Å². The van der Waals surface area contributed by atoms with Gasteiger partial charge in [0.1, 0.15) is 11.9 Å². The van der Waals surface area contributed by atoms with Crippen LogP contribution in [0.25, 0.3) is 0 Å². The molecule has 0 saturated heterocycles. The Hall–Kier alpha value is -0.740. The van der Waals surface area contributed by atoms with Crippen molar-refractivity contribution in [3.63, 3.8) is 0 Å². The van der Waals surface area contributed by atoms with Gasteiger partial charge < -0.3 is 10.5 Å². The first kappa shape index (κ1) is 15.6. The summed E-state index contributed by atoms with van der Waals surface area (Å²) in [5.74, 6) is 0.571. The van der Waals surface area contributed by atoms with Crippen molar-refractivity contribution in [2.75, 3.05) is 0 Å². The summed E-state index contributed by atoms with van der Waals surface area (Å²) < 4.78 is 6.97. The van der Waals surface area contributed by atoms with Crippen LogP contribution >= 0.6 is 39.1 Å². The van der Waals surface area contributed by atoms with Gasteiger partial charge in [-0.05, 0) is 42.8 Å². The molecule has 0 spiro atoms. The predicted molar refractivity (Wildman–Crippen MR) is 87.6 cm³/mol. The minimum absolute atomic E-state index is 0.178. The number of ether oxygens (including phenoxy) is 1. The summed E-state index contributed by atoms with van der Waals surface area (Å²) in [6.45, 7) is 1.90. The monoisotopic (exact) mass is 373 g/mol. The molecule has 2 rings (SSSR count). The first-order chi connectivity index (χ1) is 9.47. The van der Waals surface area contributed by atoms with E-state index in [-0.39, 0.29) is 12.1 Å². The van der Waals surface area contributed by atoms with Crippen LogP contribution in [0.3, 0.4) is 0 Å². The average Bonchev–Trinajstić information content (AvgIpc) is 2.39. The van der Waals surface area contributed by atoms with Gasteiger partial charge in [0.15, 0.2) is 0 Å². The number of rotatable bonds is 4. The second kappa shape index (κ2) is 6.81.